The van der Waals surface area contributed by atoms with Gasteiger partial charge in [-0.25, -0.2) is 13.4 Å². The SMILES string of the molecule is Cc1ncc(S(=O)(=O)Nc2ccccc2S(=O)(=O)F)s1. The van der Waals surface area contributed by atoms with E-state index in [0.717, 1.165) is 29.7 Å². The number of sulfonamides is 1. The Balaban J connectivity index is 2.46. The molecule has 0 unspecified atom stereocenters. The van der Waals surface area contributed by atoms with E-state index < -0.39 is 25.1 Å². The van der Waals surface area contributed by atoms with Crippen LogP contribution in [0.1, 0.15) is 5.01 Å². The van der Waals surface area contributed by atoms with Gasteiger partial charge in [-0.2, -0.15) is 8.42 Å². The highest BCUT2D eigenvalue weighted by atomic mass is 32.3. The second-order valence-electron chi connectivity index (χ2n) is 3.74. The first-order chi connectivity index (χ1) is 9.20. The summed E-state index contributed by atoms with van der Waals surface area (Å²) >= 11 is 0.923. The van der Waals surface area contributed by atoms with Gasteiger partial charge in [0.05, 0.1) is 16.9 Å². The van der Waals surface area contributed by atoms with Crippen molar-refractivity contribution in [3.05, 3.63) is 35.5 Å². The summed E-state index contributed by atoms with van der Waals surface area (Å²) in [6, 6.07) is 4.83. The van der Waals surface area contributed by atoms with Gasteiger partial charge >= 0.3 is 10.2 Å². The first-order valence-electron chi connectivity index (χ1n) is 5.19. The van der Waals surface area contributed by atoms with Crippen molar-refractivity contribution >= 4 is 37.3 Å². The third kappa shape index (κ3) is 3.14. The number of halogens is 1. The molecule has 0 radical (unpaired) electrons. The molecule has 10 heteroatoms. The molecule has 2 rings (SSSR count). The van der Waals surface area contributed by atoms with Crippen LogP contribution < -0.4 is 4.72 Å². The molecule has 0 saturated carbocycles. The number of thiazole rings is 1. The number of hydrogen-bond donors (Lipinski definition) is 1. The minimum absolute atomic E-state index is 0.0824. The predicted molar refractivity (Wildman–Crippen MR) is 72.4 cm³/mol. The van der Waals surface area contributed by atoms with E-state index in [1.54, 1.807) is 6.92 Å². The maximum absolute atomic E-state index is 13.1. The zero-order valence-electron chi connectivity index (χ0n) is 10.1. The largest absolute Gasteiger partial charge is 0.334 e. The van der Waals surface area contributed by atoms with Crippen LogP contribution in [0.4, 0.5) is 9.57 Å². The Hall–Kier alpha value is -1.52. The molecule has 1 N–H and O–H groups in total. The molecule has 0 bridgehead atoms. The van der Waals surface area contributed by atoms with Gasteiger partial charge in [0.25, 0.3) is 10.0 Å². The van der Waals surface area contributed by atoms with Crippen LogP contribution in [0.3, 0.4) is 0 Å². The number of aromatic nitrogens is 1. The molecule has 108 valence electrons. The van der Waals surface area contributed by atoms with Crippen LogP contribution in [0, 0.1) is 6.92 Å². The van der Waals surface area contributed by atoms with Crippen LogP contribution in [0.15, 0.2) is 39.6 Å². The highest BCUT2D eigenvalue weighted by molar-refractivity contribution is 7.94. The van der Waals surface area contributed by atoms with Gasteiger partial charge in [-0.15, -0.1) is 15.2 Å². The second-order valence-corrected chi connectivity index (χ2v) is 8.20. The van der Waals surface area contributed by atoms with Crippen LogP contribution in [0.2, 0.25) is 0 Å². The minimum atomic E-state index is -5.02. The van der Waals surface area contributed by atoms with Gasteiger partial charge in [0.15, 0.2) is 4.21 Å². The Morgan fingerprint density at radius 1 is 1.20 bits per heavy atom. The van der Waals surface area contributed by atoms with Crippen LogP contribution in [-0.2, 0) is 20.2 Å². The van der Waals surface area contributed by atoms with Crippen molar-refractivity contribution in [2.24, 2.45) is 0 Å². The molecule has 0 saturated heterocycles. The number of anilines is 1. The molecular weight excluding hydrogens is 327 g/mol. The number of para-hydroxylation sites is 1. The first-order valence-corrected chi connectivity index (χ1v) is 8.87. The molecule has 0 amide bonds. The molecule has 2 aromatic rings. The van der Waals surface area contributed by atoms with Crippen molar-refractivity contribution in [2.45, 2.75) is 16.0 Å². The summed E-state index contributed by atoms with van der Waals surface area (Å²) in [7, 11) is -9.02. The van der Waals surface area contributed by atoms with Gasteiger partial charge in [-0.3, -0.25) is 4.72 Å². The number of nitrogens with one attached hydrogen (secondary N) is 1. The van der Waals surface area contributed by atoms with E-state index in [2.05, 4.69) is 4.98 Å². The minimum Gasteiger partial charge on any atom is -0.277 e. The summed E-state index contributed by atoms with van der Waals surface area (Å²) in [5.41, 5.74) is -0.346. The third-order valence-electron chi connectivity index (χ3n) is 2.26. The molecule has 0 spiro atoms. The molecule has 1 heterocycles. The number of aryl methyl sites for hydroxylation is 1. The fourth-order valence-corrected chi connectivity index (χ4v) is 4.30. The van der Waals surface area contributed by atoms with Crippen molar-refractivity contribution < 1.29 is 20.7 Å². The van der Waals surface area contributed by atoms with Gasteiger partial charge in [0, 0.05) is 0 Å². The number of benzene rings is 1. The number of rotatable bonds is 4. The quantitative estimate of drug-likeness (QED) is 0.861. The van der Waals surface area contributed by atoms with Crippen LogP contribution in [0.5, 0.6) is 0 Å². The van der Waals surface area contributed by atoms with Crippen LogP contribution in [0.25, 0.3) is 0 Å². The van der Waals surface area contributed by atoms with E-state index in [1.807, 2.05) is 4.72 Å². The summed E-state index contributed by atoms with van der Waals surface area (Å²) < 4.78 is 61.1. The highest BCUT2D eigenvalue weighted by Crippen LogP contribution is 2.27. The fourth-order valence-electron chi connectivity index (χ4n) is 1.42. The average Bonchev–Trinajstić information content (AvgIpc) is 2.75. The van der Waals surface area contributed by atoms with Crippen molar-refractivity contribution in [1.29, 1.82) is 0 Å². The van der Waals surface area contributed by atoms with Gasteiger partial charge < -0.3 is 0 Å². The molecule has 1 aromatic heterocycles. The standard InChI is InChI=1S/C10H9FN2O4S3/c1-7-12-6-10(18-7)20(16,17)13-8-4-2-3-5-9(8)19(11,14)15/h2-6,13H,1H3. The van der Waals surface area contributed by atoms with Crippen molar-refractivity contribution in [3.8, 4) is 0 Å². The third-order valence-corrected chi connectivity index (χ3v) is 5.88. The van der Waals surface area contributed by atoms with E-state index in [4.69, 9.17) is 0 Å². The van der Waals surface area contributed by atoms with Crippen LogP contribution >= 0.6 is 11.3 Å². The Morgan fingerprint density at radius 2 is 1.85 bits per heavy atom. The van der Waals surface area contributed by atoms with E-state index in [9.17, 15) is 20.7 Å². The van der Waals surface area contributed by atoms with E-state index in [0.29, 0.717) is 5.01 Å². The fraction of sp³-hybridized carbons (Fsp3) is 0.100. The summed E-state index contributed by atoms with van der Waals surface area (Å²) in [5, 5.41) is 0.539. The zero-order chi connectivity index (χ0) is 15.0. The van der Waals surface area contributed by atoms with Crippen molar-refractivity contribution in [1.82, 2.24) is 4.98 Å². The Kier molecular flexibility index (Phi) is 3.80. The molecule has 0 aliphatic heterocycles. The molecule has 1 aromatic carbocycles. The normalized spacial score (nSPS) is 12.3. The predicted octanol–water partition coefficient (Wildman–Crippen LogP) is 1.91. The van der Waals surface area contributed by atoms with Gasteiger partial charge in [-0.05, 0) is 19.1 Å². The maximum atomic E-state index is 13.1. The lowest BCUT2D eigenvalue weighted by Crippen LogP contribution is -2.13. The average molecular weight is 336 g/mol. The van der Waals surface area contributed by atoms with E-state index in [1.165, 1.54) is 12.1 Å². The Morgan fingerprint density at radius 3 is 2.40 bits per heavy atom. The maximum Gasteiger partial charge on any atom is 0.334 e. The Labute approximate surface area is 119 Å². The molecule has 6 nitrogen and oxygen atoms in total. The molecular formula is C10H9FN2O4S3. The number of hydrogen-bond acceptors (Lipinski definition) is 6. The van der Waals surface area contributed by atoms with Crippen LogP contribution in [-0.4, -0.2) is 21.8 Å². The lowest BCUT2D eigenvalue weighted by molar-refractivity contribution is 0.552. The van der Waals surface area contributed by atoms with Crippen molar-refractivity contribution in [2.75, 3.05) is 4.72 Å². The summed E-state index contributed by atoms with van der Waals surface area (Å²) in [4.78, 5) is 3.07. The molecule has 20 heavy (non-hydrogen) atoms. The van der Waals surface area contributed by atoms with Gasteiger partial charge in [0.1, 0.15) is 4.90 Å². The highest BCUT2D eigenvalue weighted by Gasteiger charge is 2.23. The van der Waals surface area contributed by atoms with E-state index >= 15 is 0 Å². The topological polar surface area (TPSA) is 93.2 Å². The lowest BCUT2D eigenvalue weighted by atomic mass is 10.3. The molecule has 0 fully saturated rings. The second kappa shape index (κ2) is 5.11. The molecule has 0 atom stereocenters. The summed E-state index contributed by atoms with van der Waals surface area (Å²) in [5.74, 6) is 0. The van der Waals surface area contributed by atoms with Gasteiger partial charge in [-0.1, -0.05) is 12.1 Å². The Bertz CT molecular complexity index is 843. The smallest absolute Gasteiger partial charge is 0.277 e. The molecule has 0 aliphatic carbocycles. The summed E-state index contributed by atoms with van der Waals surface area (Å²) in [6.45, 7) is 1.63. The van der Waals surface area contributed by atoms with Crippen molar-refractivity contribution in [3.63, 3.8) is 0 Å². The lowest BCUT2D eigenvalue weighted by Gasteiger charge is -2.08. The monoisotopic (exact) mass is 336 g/mol. The summed E-state index contributed by atoms with van der Waals surface area (Å²) in [6.07, 6.45) is 1.15. The zero-order valence-corrected chi connectivity index (χ0v) is 12.5. The molecule has 0 aliphatic rings. The first kappa shape index (κ1) is 14.9. The van der Waals surface area contributed by atoms with E-state index in [-0.39, 0.29) is 9.90 Å². The van der Waals surface area contributed by atoms with Gasteiger partial charge in [0.2, 0.25) is 0 Å². The number of nitrogens with zero attached hydrogens (tertiary/aromatic N) is 1.